The van der Waals surface area contributed by atoms with Gasteiger partial charge in [-0.05, 0) is 13.1 Å². The minimum Gasteiger partial charge on any atom is -0.472 e. The second-order valence-corrected chi connectivity index (χ2v) is 3.12. The van der Waals surface area contributed by atoms with E-state index in [0.29, 0.717) is 6.54 Å². The highest BCUT2D eigenvalue weighted by molar-refractivity contribution is 5.04. The van der Waals surface area contributed by atoms with Crippen molar-refractivity contribution in [1.82, 2.24) is 4.90 Å². The third-order valence-electron chi connectivity index (χ3n) is 2.12. The molecule has 1 unspecified atom stereocenters. The lowest BCUT2D eigenvalue weighted by molar-refractivity contribution is 0.146. The second-order valence-electron chi connectivity index (χ2n) is 3.12. The van der Waals surface area contributed by atoms with E-state index in [1.165, 1.54) is 0 Å². The van der Waals surface area contributed by atoms with Gasteiger partial charge in [0.25, 0.3) is 0 Å². The molecule has 0 saturated heterocycles. The molecule has 0 spiro atoms. The zero-order valence-electron chi connectivity index (χ0n) is 7.81. The van der Waals surface area contributed by atoms with E-state index < -0.39 is 0 Å². The summed E-state index contributed by atoms with van der Waals surface area (Å²) in [5.41, 5.74) is 6.58. The molecule has 1 heterocycles. The molecule has 0 bridgehead atoms. The number of nitrogens with two attached hydrogens (primary N) is 1. The Labute approximate surface area is 77.9 Å². The number of aliphatic hydroxyl groups excluding tert-OH is 1. The Morgan fingerprint density at radius 2 is 2.46 bits per heavy atom. The fourth-order valence-electron chi connectivity index (χ4n) is 1.19. The van der Waals surface area contributed by atoms with Crippen molar-refractivity contribution in [3.05, 3.63) is 24.2 Å². The van der Waals surface area contributed by atoms with Gasteiger partial charge in [0.05, 0.1) is 19.1 Å². The maximum Gasteiger partial charge on any atom is 0.0947 e. The maximum atomic E-state index is 8.98. The first kappa shape index (κ1) is 10.2. The number of nitrogens with zero attached hydrogens (tertiary/aromatic N) is 1. The van der Waals surface area contributed by atoms with Crippen molar-refractivity contribution in [3.63, 3.8) is 0 Å². The van der Waals surface area contributed by atoms with Crippen LogP contribution in [0.25, 0.3) is 0 Å². The summed E-state index contributed by atoms with van der Waals surface area (Å²) in [4.78, 5) is 2.00. The Hall–Kier alpha value is -0.840. The zero-order valence-corrected chi connectivity index (χ0v) is 7.81. The Morgan fingerprint density at radius 1 is 1.69 bits per heavy atom. The SMILES string of the molecule is CN(Cc1ccoc1)C(CN)CO. The number of hydrogen-bond donors (Lipinski definition) is 2. The third-order valence-corrected chi connectivity index (χ3v) is 2.12. The van der Waals surface area contributed by atoms with Gasteiger partial charge < -0.3 is 15.3 Å². The monoisotopic (exact) mass is 184 g/mol. The van der Waals surface area contributed by atoms with Gasteiger partial charge in [-0.2, -0.15) is 0 Å². The molecule has 1 aromatic rings. The average molecular weight is 184 g/mol. The van der Waals surface area contributed by atoms with E-state index in [0.717, 1.165) is 12.1 Å². The number of hydrogen-bond acceptors (Lipinski definition) is 4. The van der Waals surface area contributed by atoms with E-state index in [1.54, 1.807) is 12.5 Å². The average Bonchev–Trinajstić information content (AvgIpc) is 2.59. The van der Waals surface area contributed by atoms with E-state index >= 15 is 0 Å². The van der Waals surface area contributed by atoms with Crippen LogP contribution in [0.3, 0.4) is 0 Å². The Balaban J connectivity index is 2.44. The minimum absolute atomic E-state index is 0.0231. The molecule has 74 valence electrons. The Kier molecular flexibility index (Phi) is 3.95. The van der Waals surface area contributed by atoms with Crippen molar-refractivity contribution < 1.29 is 9.52 Å². The topological polar surface area (TPSA) is 62.6 Å². The molecule has 0 aliphatic carbocycles. The van der Waals surface area contributed by atoms with Crippen molar-refractivity contribution in [2.75, 3.05) is 20.2 Å². The summed E-state index contributed by atoms with van der Waals surface area (Å²) in [6.45, 7) is 1.30. The highest BCUT2D eigenvalue weighted by Gasteiger charge is 2.11. The van der Waals surface area contributed by atoms with Crippen molar-refractivity contribution in [2.24, 2.45) is 5.73 Å². The van der Waals surface area contributed by atoms with Gasteiger partial charge in [-0.15, -0.1) is 0 Å². The van der Waals surface area contributed by atoms with E-state index in [4.69, 9.17) is 15.3 Å². The standard InChI is InChI=1S/C9H16N2O2/c1-11(9(4-10)6-12)5-8-2-3-13-7-8/h2-3,7,9,12H,4-6,10H2,1H3. The van der Waals surface area contributed by atoms with Crippen LogP contribution in [0.5, 0.6) is 0 Å². The first-order chi connectivity index (χ1) is 6.27. The summed E-state index contributed by atoms with van der Waals surface area (Å²) in [5, 5.41) is 8.98. The number of furan rings is 1. The molecule has 4 nitrogen and oxygen atoms in total. The lowest BCUT2D eigenvalue weighted by Gasteiger charge is -2.24. The van der Waals surface area contributed by atoms with Crippen LogP contribution in [0.1, 0.15) is 5.56 Å². The van der Waals surface area contributed by atoms with Crippen LogP contribution >= 0.6 is 0 Å². The maximum absolute atomic E-state index is 8.98. The Bertz CT molecular complexity index is 220. The minimum atomic E-state index is 0.0231. The van der Waals surface area contributed by atoms with E-state index in [2.05, 4.69) is 0 Å². The molecule has 0 radical (unpaired) electrons. The molecule has 1 atom stereocenters. The number of likely N-dealkylation sites (N-methyl/N-ethyl adjacent to an activating group) is 1. The molecule has 0 saturated carbocycles. The van der Waals surface area contributed by atoms with E-state index in [1.807, 2.05) is 18.0 Å². The smallest absolute Gasteiger partial charge is 0.0947 e. The molecular formula is C9H16N2O2. The van der Waals surface area contributed by atoms with Gasteiger partial charge >= 0.3 is 0 Å². The largest absolute Gasteiger partial charge is 0.472 e. The van der Waals surface area contributed by atoms with Crippen LogP contribution in [-0.2, 0) is 6.54 Å². The van der Waals surface area contributed by atoms with E-state index in [-0.39, 0.29) is 12.6 Å². The highest BCUT2D eigenvalue weighted by atomic mass is 16.3. The van der Waals surface area contributed by atoms with Crippen molar-refractivity contribution >= 4 is 0 Å². The quantitative estimate of drug-likeness (QED) is 0.677. The van der Waals surface area contributed by atoms with Crippen molar-refractivity contribution in [2.45, 2.75) is 12.6 Å². The molecule has 0 aromatic carbocycles. The van der Waals surface area contributed by atoms with Crippen molar-refractivity contribution in [1.29, 1.82) is 0 Å². The molecule has 0 aliphatic heterocycles. The van der Waals surface area contributed by atoms with Gasteiger partial charge in [-0.3, -0.25) is 4.90 Å². The lowest BCUT2D eigenvalue weighted by atomic mass is 10.2. The Morgan fingerprint density at radius 3 is 2.92 bits per heavy atom. The van der Waals surface area contributed by atoms with Gasteiger partial charge in [0, 0.05) is 24.7 Å². The second kappa shape index (κ2) is 5.01. The molecule has 3 N–H and O–H groups in total. The van der Waals surface area contributed by atoms with Crippen LogP contribution in [0.15, 0.2) is 23.0 Å². The predicted octanol–water partition coefficient (Wildman–Crippen LogP) is 0.0310. The van der Waals surface area contributed by atoms with Crippen LogP contribution < -0.4 is 5.73 Å². The number of rotatable bonds is 5. The fourth-order valence-corrected chi connectivity index (χ4v) is 1.19. The lowest BCUT2D eigenvalue weighted by Crippen LogP contribution is -2.40. The molecule has 4 heteroatoms. The zero-order chi connectivity index (χ0) is 9.68. The summed E-state index contributed by atoms with van der Waals surface area (Å²) >= 11 is 0. The van der Waals surface area contributed by atoms with E-state index in [9.17, 15) is 0 Å². The normalized spacial score (nSPS) is 13.5. The van der Waals surface area contributed by atoms with Crippen LogP contribution in [0, 0.1) is 0 Å². The van der Waals surface area contributed by atoms with Gasteiger partial charge in [-0.25, -0.2) is 0 Å². The highest BCUT2D eigenvalue weighted by Crippen LogP contribution is 2.05. The summed E-state index contributed by atoms with van der Waals surface area (Å²) < 4.78 is 4.94. The summed E-state index contributed by atoms with van der Waals surface area (Å²) in [7, 11) is 1.93. The van der Waals surface area contributed by atoms with Gasteiger partial charge in [0.2, 0.25) is 0 Å². The van der Waals surface area contributed by atoms with Gasteiger partial charge in [-0.1, -0.05) is 0 Å². The van der Waals surface area contributed by atoms with Crippen molar-refractivity contribution in [3.8, 4) is 0 Å². The fraction of sp³-hybridized carbons (Fsp3) is 0.556. The van der Waals surface area contributed by atoms with Crippen LogP contribution in [0.4, 0.5) is 0 Å². The molecule has 1 aromatic heterocycles. The first-order valence-electron chi connectivity index (χ1n) is 4.30. The third kappa shape index (κ3) is 2.84. The van der Waals surface area contributed by atoms with Crippen LogP contribution in [-0.4, -0.2) is 36.2 Å². The molecule has 0 amide bonds. The molecular weight excluding hydrogens is 168 g/mol. The van der Waals surface area contributed by atoms with Gasteiger partial charge in [0.15, 0.2) is 0 Å². The summed E-state index contributed by atoms with van der Waals surface area (Å²) in [6.07, 6.45) is 3.33. The molecule has 13 heavy (non-hydrogen) atoms. The van der Waals surface area contributed by atoms with Crippen LogP contribution in [0.2, 0.25) is 0 Å². The number of aliphatic hydroxyl groups is 1. The first-order valence-corrected chi connectivity index (χ1v) is 4.30. The molecule has 1 rings (SSSR count). The predicted molar refractivity (Wildman–Crippen MR) is 50.1 cm³/mol. The molecule has 0 fully saturated rings. The van der Waals surface area contributed by atoms with Gasteiger partial charge in [0.1, 0.15) is 0 Å². The summed E-state index contributed by atoms with van der Waals surface area (Å²) in [5.74, 6) is 0. The molecule has 0 aliphatic rings. The summed E-state index contributed by atoms with van der Waals surface area (Å²) in [6, 6.07) is 1.93.